The van der Waals surface area contributed by atoms with Crippen molar-refractivity contribution in [1.29, 1.82) is 0 Å². The van der Waals surface area contributed by atoms with Crippen LogP contribution in [0.3, 0.4) is 0 Å². The summed E-state index contributed by atoms with van der Waals surface area (Å²) in [5, 5.41) is 8.19. The number of amides is 1. The fourth-order valence-electron chi connectivity index (χ4n) is 2.61. The second kappa shape index (κ2) is 7.16. The second-order valence-corrected chi connectivity index (χ2v) is 5.83. The van der Waals surface area contributed by atoms with Crippen LogP contribution in [0, 0.1) is 6.92 Å². The summed E-state index contributed by atoms with van der Waals surface area (Å²) in [6.45, 7) is 2.62. The van der Waals surface area contributed by atoms with E-state index < -0.39 is 11.2 Å². The Labute approximate surface area is 143 Å². The van der Waals surface area contributed by atoms with Crippen molar-refractivity contribution in [1.82, 2.24) is 24.6 Å². The summed E-state index contributed by atoms with van der Waals surface area (Å²) < 4.78 is 3.09. The summed E-state index contributed by atoms with van der Waals surface area (Å²) >= 11 is 0. The van der Waals surface area contributed by atoms with Crippen LogP contribution in [0.5, 0.6) is 0 Å². The van der Waals surface area contributed by atoms with E-state index in [4.69, 9.17) is 0 Å². The van der Waals surface area contributed by atoms with Gasteiger partial charge in [-0.15, -0.1) is 0 Å². The minimum absolute atomic E-state index is 0.124. The minimum Gasteiger partial charge on any atom is -0.354 e. The number of carbonyl (C=O) groups is 1. The van der Waals surface area contributed by atoms with Crippen molar-refractivity contribution in [3.05, 3.63) is 63.1 Å². The van der Waals surface area contributed by atoms with Gasteiger partial charge in [0, 0.05) is 30.2 Å². The van der Waals surface area contributed by atoms with Gasteiger partial charge in [0.15, 0.2) is 0 Å². The highest BCUT2D eigenvalue weighted by Gasteiger charge is 2.07. The number of aromatic amines is 1. The van der Waals surface area contributed by atoms with Crippen molar-refractivity contribution in [2.75, 3.05) is 6.54 Å². The Bertz CT molecular complexity index is 1010. The molecule has 0 saturated carbocycles. The van der Waals surface area contributed by atoms with Crippen molar-refractivity contribution in [3.63, 3.8) is 0 Å². The van der Waals surface area contributed by atoms with Gasteiger partial charge in [-0.2, -0.15) is 5.10 Å². The molecular formula is C17H19N5O3. The average Bonchev–Trinajstić information content (AvgIpc) is 3.00. The van der Waals surface area contributed by atoms with Crippen molar-refractivity contribution < 1.29 is 4.79 Å². The van der Waals surface area contributed by atoms with Gasteiger partial charge in [0.2, 0.25) is 5.91 Å². The monoisotopic (exact) mass is 341 g/mol. The Balaban J connectivity index is 1.51. The van der Waals surface area contributed by atoms with Gasteiger partial charge in [-0.25, -0.2) is 4.79 Å². The zero-order valence-corrected chi connectivity index (χ0v) is 13.9. The van der Waals surface area contributed by atoms with Crippen LogP contribution < -0.4 is 16.6 Å². The maximum absolute atomic E-state index is 11.9. The maximum Gasteiger partial charge on any atom is 0.328 e. The molecule has 0 bridgehead atoms. The lowest BCUT2D eigenvalue weighted by atomic mass is 10.2. The topological polar surface area (TPSA) is 102 Å². The predicted molar refractivity (Wildman–Crippen MR) is 93.4 cm³/mol. The normalized spacial score (nSPS) is 10.9. The molecule has 1 amide bonds. The van der Waals surface area contributed by atoms with E-state index >= 15 is 0 Å². The standard InChI is InChI=1S/C17H19N5O3/c1-12-10-21(17(25)20-16(12)24)11-15(23)18-7-4-8-22-14-6-3-2-5-13(14)9-19-22/h2-3,5-6,9-10H,4,7-8,11H2,1H3,(H,18,23)(H,20,24,25). The van der Waals surface area contributed by atoms with Crippen LogP contribution in [0.15, 0.2) is 46.2 Å². The number of hydrogen-bond acceptors (Lipinski definition) is 4. The first-order chi connectivity index (χ1) is 12.0. The molecule has 3 rings (SSSR count). The number of aromatic nitrogens is 4. The fourth-order valence-corrected chi connectivity index (χ4v) is 2.61. The van der Waals surface area contributed by atoms with Gasteiger partial charge >= 0.3 is 5.69 Å². The van der Waals surface area contributed by atoms with Gasteiger partial charge in [0.05, 0.1) is 11.7 Å². The molecule has 0 aliphatic rings. The molecule has 0 atom stereocenters. The van der Waals surface area contributed by atoms with Crippen LogP contribution in [-0.4, -0.2) is 31.8 Å². The molecule has 1 aromatic carbocycles. The largest absolute Gasteiger partial charge is 0.354 e. The summed E-state index contributed by atoms with van der Waals surface area (Å²) in [5.74, 6) is -0.279. The number of rotatable bonds is 6. The molecule has 0 saturated heterocycles. The number of carbonyl (C=O) groups excluding carboxylic acids is 1. The Morgan fingerprint density at radius 3 is 2.92 bits per heavy atom. The van der Waals surface area contributed by atoms with E-state index in [1.807, 2.05) is 35.1 Å². The Kier molecular flexibility index (Phi) is 4.78. The van der Waals surface area contributed by atoms with Gasteiger partial charge in [-0.1, -0.05) is 18.2 Å². The van der Waals surface area contributed by atoms with Crippen LogP contribution in [0.1, 0.15) is 12.0 Å². The lowest BCUT2D eigenvalue weighted by Crippen LogP contribution is -2.36. The number of hydrogen-bond donors (Lipinski definition) is 2. The minimum atomic E-state index is -0.589. The number of fused-ring (bicyclic) bond motifs is 1. The highest BCUT2D eigenvalue weighted by atomic mass is 16.2. The third-order valence-corrected chi connectivity index (χ3v) is 3.92. The molecule has 0 aliphatic heterocycles. The van der Waals surface area contributed by atoms with E-state index in [1.54, 1.807) is 6.92 Å². The number of nitrogens with zero attached hydrogens (tertiary/aromatic N) is 3. The quantitative estimate of drug-likeness (QED) is 0.634. The molecule has 3 aromatic rings. The number of nitrogens with one attached hydrogen (secondary N) is 2. The van der Waals surface area contributed by atoms with Gasteiger partial charge < -0.3 is 5.32 Å². The van der Waals surface area contributed by atoms with Gasteiger partial charge in [0.1, 0.15) is 6.54 Å². The second-order valence-electron chi connectivity index (χ2n) is 5.83. The molecule has 2 N–H and O–H groups in total. The van der Waals surface area contributed by atoms with E-state index in [1.165, 1.54) is 10.8 Å². The van der Waals surface area contributed by atoms with E-state index in [-0.39, 0.29) is 12.5 Å². The molecular weight excluding hydrogens is 322 g/mol. The Morgan fingerprint density at radius 2 is 2.08 bits per heavy atom. The number of para-hydroxylation sites is 1. The van der Waals surface area contributed by atoms with Crippen molar-refractivity contribution in [3.8, 4) is 0 Å². The molecule has 8 heteroatoms. The molecule has 8 nitrogen and oxygen atoms in total. The average molecular weight is 341 g/mol. The van der Waals surface area contributed by atoms with Gasteiger partial charge in [-0.05, 0) is 19.4 Å². The maximum atomic E-state index is 11.9. The summed E-state index contributed by atoms with van der Waals surface area (Å²) in [6, 6.07) is 7.94. The fraction of sp³-hybridized carbons (Fsp3) is 0.294. The van der Waals surface area contributed by atoms with E-state index in [2.05, 4.69) is 15.4 Å². The lowest BCUT2D eigenvalue weighted by Gasteiger charge is -2.08. The first-order valence-electron chi connectivity index (χ1n) is 8.02. The van der Waals surface area contributed by atoms with Crippen LogP contribution in [0.4, 0.5) is 0 Å². The molecule has 0 unspecified atom stereocenters. The molecule has 0 fully saturated rings. The molecule has 130 valence electrons. The van der Waals surface area contributed by atoms with Crippen molar-refractivity contribution >= 4 is 16.8 Å². The number of benzene rings is 1. The van der Waals surface area contributed by atoms with Gasteiger partial charge in [-0.3, -0.25) is 23.8 Å². The summed E-state index contributed by atoms with van der Waals surface area (Å²) in [6.07, 6.45) is 3.92. The highest BCUT2D eigenvalue weighted by Crippen LogP contribution is 2.12. The van der Waals surface area contributed by atoms with Crippen LogP contribution >= 0.6 is 0 Å². The first-order valence-corrected chi connectivity index (χ1v) is 8.02. The third-order valence-electron chi connectivity index (χ3n) is 3.92. The predicted octanol–water partition coefficient (Wildman–Crippen LogP) is 0.401. The number of H-pyrrole nitrogens is 1. The van der Waals surface area contributed by atoms with Crippen molar-refractivity contribution in [2.24, 2.45) is 0 Å². The van der Waals surface area contributed by atoms with Crippen LogP contribution in [0.25, 0.3) is 10.9 Å². The molecule has 2 heterocycles. The van der Waals surface area contributed by atoms with Crippen LogP contribution in [0.2, 0.25) is 0 Å². The first kappa shape index (κ1) is 16.7. The zero-order valence-electron chi connectivity index (χ0n) is 13.9. The third kappa shape index (κ3) is 3.85. The summed E-state index contributed by atoms with van der Waals surface area (Å²) in [7, 11) is 0. The molecule has 25 heavy (non-hydrogen) atoms. The molecule has 0 aliphatic carbocycles. The lowest BCUT2D eigenvalue weighted by molar-refractivity contribution is -0.121. The molecule has 0 spiro atoms. The van der Waals surface area contributed by atoms with Crippen molar-refractivity contribution in [2.45, 2.75) is 26.4 Å². The Hall–Kier alpha value is -3.16. The van der Waals surface area contributed by atoms with Gasteiger partial charge in [0.25, 0.3) is 5.56 Å². The SMILES string of the molecule is Cc1cn(CC(=O)NCCCn2ncc3ccccc32)c(=O)[nH]c1=O. The van der Waals surface area contributed by atoms with E-state index in [0.717, 1.165) is 17.3 Å². The Morgan fingerprint density at radius 1 is 1.28 bits per heavy atom. The highest BCUT2D eigenvalue weighted by molar-refractivity contribution is 5.78. The van der Waals surface area contributed by atoms with Crippen LogP contribution in [-0.2, 0) is 17.9 Å². The smallest absolute Gasteiger partial charge is 0.328 e. The zero-order chi connectivity index (χ0) is 17.8. The molecule has 0 radical (unpaired) electrons. The van der Waals surface area contributed by atoms with E-state index in [9.17, 15) is 14.4 Å². The molecule has 2 aromatic heterocycles. The summed E-state index contributed by atoms with van der Waals surface area (Å²) in [4.78, 5) is 37.1. The number of aryl methyl sites for hydroxylation is 2. The summed E-state index contributed by atoms with van der Waals surface area (Å²) in [5.41, 5.74) is 0.420. The van der Waals surface area contributed by atoms with E-state index in [0.29, 0.717) is 18.7 Å².